The van der Waals surface area contributed by atoms with E-state index in [1.165, 1.54) is 5.56 Å². The molecule has 0 saturated carbocycles. The van der Waals surface area contributed by atoms with Crippen LogP contribution in [0.2, 0.25) is 0 Å². The predicted molar refractivity (Wildman–Crippen MR) is 132 cm³/mol. The van der Waals surface area contributed by atoms with Gasteiger partial charge in [0.1, 0.15) is 5.75 Å². The molecule has 0 aliphatic carbocycles. The minimum Gasteiger partial charge on any atom is -0.493 e. The van der Waals surface area contributed by atoms with Gasteiger partial charge in [-0.3, -0.25) is 0 Å². The molecule has 0 aliphatic heterocycles. The van der Waals surface area contributed by atoms with E-state index in [-0.39, 0.29) is 30.6 Å². The molecule has 1 aromatic rings. The predicted octanol–water partition coefficient (Wildman–Crippen LogP) is 3.88. The first-order valence-corrected chi connectivity index (χ1v) is 10.5. The third-order valence-corrected chi connectivity index (χ3v) is 4.52. The molecule has 1 unspecified atom stereocenters. The van der Waals surface area contributed by atoms with E-state index in [0.717, 1.165) is 56.0 Å². The van der Waals surface area contributed by atoms with Crippen LogP contribution >= 0.6 is 24.0 Å². The monoisotopic (exact) mass is 521 g/mol. The van der Waals surface area contributed by atoms with Crippen molar-refractivity contribution in [1.82, 2.24) is 10.6 Å². The number of halogens is 1. The molecular weight excluding hydrogens is 481 g/mol. The molecule has 29 heavy (non-hydrogen) atoms. The van der Waals surface area contributed by atoms with Crippen molar-refractivity contribution in [2.75, 3.05) is 40.0 Å². The molecule has 3 N–H and O–H groups in total. The Morgan fingerprint density at radius 1 is 1.17 bits per heavy atom. The summed E-state index contributed by atoms with van der Waals surface area (Å²) in [6.45, 7) is 10.0. The van der Waals surface area contributed by atoms with Gasteiger partial charge in [0.05, 0.1) is 13.2 Å². The van der Waals surface area contributed by atoms with Crippen molar-refractivity contribution < 1.29 is 14.6 Å². The van der Waals surface area contributed by atoms with E-state index in [1.54, 1.807) is 7.11 Å². The van der Waals surface area contributed by atoms with Crippen molar-refractivity contribution in [2.24, 2.45) is 10.9 Å². The van der Waals surface area contributed by atoms with Crippen LogP contribution in [-0.4, -0.2) is 51.1 Å². The first kappa shape index (κ1) is 27.9. The van der Waals surface area contributed by atoms with Crippen LogP contribution in [0.4, 0.5) is 0 Å². The summed E-state index contributed by atoms with van der Waals surface area (Å²) in [6, 6.07) is 6.24. The highest BCUT2D eigenvalue weighted by Gasteiger charge is 2.09. The summed E-state index contributed by atoms with van der Waals surface area (Å²) < 4.78 is 11.0. The maximum atomic E-state index is 9.25. The van der Waals surface area contributed by atoms with Crippen molar-refractivity contribution in [3.05, 3.63) is 29.3 Å². The summed E-state index contributed by atoms with van der Waals surface area (Å²) in [6.07, 6.45) is 3.90. The first-order valence-electron chi connectivity index (χ1n) is 10.5. The molecule has 0 amide bonds. The van der Waals surface area contributed by atoms with Crippen LogP contribution in [0.25, 0.3) is 0 Å². The number of nitrogens with zero attached hydrogens (tertiary/aromatic N) is 1. The van der Waals surface area contributed by atoms with E-state index in [9.17, 15) is 5.11 Å². The molecule has 0 aliphatic rings. The number of rotatable bonds is 14. The van der Waals surface area contributed by atoms with Crippen LogP contribution in [0.5, 0.6) is 5.75 Å². The van der Waals surface area contributed by atoms with Gasteiger partial charge in [-0.05, 0) is 44.2 Å². The maximum Gasteiger partial charge on any atom is 0.191 e. The van der Waals surface area contributed by atoms with E-state index < -0.39 is 0 Å². The Balaban J connectivity index is 0.00000784. The number of nitrogens with one attached hydrogen (secondary N) is 2. The van der Waals surface area contributed by atoms with Gasteiger partial charge in [0.25, 0.3) is 0 Å². The Hall–Kier alpha value is -1.06. The van der Waals surface area contributed by atoms with Crippen LogP contribution in [0.3, 0.4) is 0 Å². The van der Waals surface area contributed by atoms with Gasteiger partial charge in [-0.1, -0.05) is 25.5 Å². The largest absolute Gasteiger partial charge is 0.493 e. The van der Waals surface area contributed by atoms with Crippen LogP contribution in [0.15, 0.2) is 23.2 Å². The van der Waals surface area contributed by atoms with Crippen LogP contribution in [0.1, 0.15) is 50.7 Å². The lowest BCUT2D eigenvalue weighted by Crippen LogP contribution is -2.40. The van der Waals surface area contributed by atoms with Gasteiger partial charge >= 0.3 is 0 Å². The molecule has 1 aromatic carbocycles. The molecule has 7 heteroatoms. The maximum absolute atomic E-state index is 9.25. The molecule has 0 spiro atoms. The lowest BCUT2D eigenvalue weighted by molar-refractivity contribution is 0.172. The fourth-order valence-electron chi connectivity index (χ4n) is 3.00. The fourth-order valence-corrected chi connectivity index (χ4v) is 3.00. The summed E-state index contributed by atoms with van der Waals surface area (Å²) in [4.78, 5) is 4.74. The topological polar surface area (TPSA) is 75.1 Å². The SMILES string of the molecule is CCCC(CCO)CNC(=NCc1ccc(C)cc1OCCCOC)NCC.I. The summed E-state index contributed by atoms with van der Waals surface area (Å²) in [5, 5.41) is 16.0. The first-order chi connectivity index (χ1) is 13.6. The highest BCUT2D eigenvalue weighted by Crippen LogP contribution is 2.21. The van der Waals surface area contributed by atoms with Gasteiger partial charge in [-0.15, -0.1) is 24.0 Å². The Bertz CT molecular complexity index is 564. The van der Waals surface area contributed by atoms with Gasteiger partial charge < -0.3 is 25.2 Å². The van der Waals surface area contributed by atoms with Gasteiger partial charge in [-0.2, -0.15) is 0 Å². The van der Waals surface area contributed by atoms with Gasteiger partial charge in [0.2, 0.25) is 0 Å². The molecule has 0 saturated heterocycles. The van der Waals surface area contributed by atoms with E-state index in [0.29, 0.717) is 25.7 Å². The van der Waals surface area contributed by atoms with Crippen LogP contribution in [-0.2, 0) is 11.3 Å². The van der Waals surface area contributed by atoms with Gasteiger partial charge in [-0.25, -0.2) is 4.99 Å². The third-order valence-electron chi connectivity index (χ3n) is 4.52. The smallest absolute Gasteiger partial charge is 0.191 e. The number of methoxy groups -OCH3 is 1. The molecular formula is C22H40IN3O3. The van der Waals surface area contributed by atoms with Crippen LogP contribution in [0, 0.1) is 12.8 Å². The number of aliphatic hydroxyl groups is 1. The fraction of sp³-hybridized carbons (Fsp3) is 0.682. The number of aryl methyl sites for hydroxylation is 1. The quantitative estimate of drug-likeness (QED) is 0.150. The minimum absolute atomic E-state index is 0. The summed E-state index contributed by atoms with van der Waals surface area (Å²) in [5.41, 5.74) is 2.24. The second kappa shape index (κ2) is 17.8. The van der Waals surface area contributed by atoms with E-state index in [1.807, 2.05) is 0 Å². The van der Waals surface area contributed by atoms with E-state index in [2.05, 4.69) is 49.6 Å². The van der Waals surface area contributed by atoms with Gasteiger partial charge in [0, 0.05) is 45.4 Å². The van der Waals surface area contributed by atoms with E-state index in [4.69, 9.17) is 14.5 Å². The zero-order chi connectivity index (χ0) is 20.6. The molecule has 0 bridgehead atoms. The molecule has 0 heterocycles. The zero-order valence-corrected chi connectivity index (χ0v) is 20.8. The standard InChI is InChI=1S/C22H39N3O3.HI/c1-5-8-19(11-12-26)16-24-22(23-6-2)25-17-20-10-9-18(3)15-21(20)28-14-7-13-27-4;/h9-10,15,19,26H,5-8,11-14,16-17H2,1-4H3,(H2,23,24,25);1H. The average molecular weight is 521 g/mol. The Morgan fingerprint density at radius 2 is 1.97 bits per heavy atom. The zero-order valence-electron chi connectivity index (χ0n) is 18.5. The molecule has 168 valence electrons. The Morgan fingerprint density at radius 3 is 2.62 bits per heavy atom. The number of ether oxygens (including phenoxy) is 2. The molecule has 0 radical (unpaired) electrons. The summed E-state index contributed by atoms with van der Waals surface area (Å²) in [7, 11) is 1.70. The number of hydrogen-bond acceptors (Lipinski definition) is 4. The van der Waals surface area contributed by atoms with Crippen LogP contribution < -0.4 is 15.4 Å². The van der Waals surface area contributed by atoms with Crippen molar-refractivity contribution in [3.8, 4) is 5.75 Å². The van der Waals surface area contributed by atoms with Crippen molar-refractivity contribution >= 4 is 29.9 Å². The normalized spacial score (nSPS) is 12.2. The second-order valence-corrected chi connectivity index (χ2v) is 7.05. The van der Waals surface area contributed by atoms with Gasteiger partial charge in [0.15, 0.2) is 5.96 Å². The number of aliphatic hydroxyl groups excluding tert-OH is 1. The molecule has 0 aromatic heterocycles. The highest BCUT2D eigenvalue weighted by molar-refractivity contribution is 14.0. The number of aliphatic imine (C=N–C) groups is 1. The average Bonchev–Trinajstić information content (AvgIpc) is 2.68. The molecule has 1 rings (SSSR count). The minimum atomic E-state index is 0. The number of benzene rings is 1. The van der Waals surface area contributed by atoms with Crippen molar-refractivity contribution in [2.45, 2.75) is 53.0 Å². The molecule has 6 nitrogen and oxygen atoms in total. The second-order valence-electron chi connectivity index (χ2n) is 7.05. The Labute approximate surface area is 193 Å². The van der Waals surface area contributed by atoms with E-state index >= 15 is 0 Å². The summed E-state index contributed by atoms with van der Waals surface area (Å²) >= 11 is 0. The number of hydrogen-bond donors (Lipinski definition) is 3. The van der Waals surface area contributed by atoms with Crippen molar-refractivity contribution in [1.29, 1.82) is 0 Å². The highest BCUT2D eigenvalue weighted by atomic mass is 127. The third kappa shape index (κ3) is 12.3. The molecule has 1 atom stereocenters. The van der Waals surface area contributed by atoms with Crippen molar-refractivity contribution in [3.63, 3.8) is 0 Å². The Kier molecular flexibility index (Phi) is 17.1. The lowest BCUT2D eigenvalue weighted by Gasteiger charge is -2.18. The summed E-state index contributed by atoms with van der Waals surface area (Å²) in [5.74, 6) is 2.14. The lowest BCUT2D eigenvalue weighted by atomic mass is 10.0. The molecule has 0 fully saturated rings. The number of guanidine groups is 1.